The number of esters is 1. The Morgan fingerprint density at radius 3 is 2.37 bits per heavy atom. The highest BCUT2D eigenvalue weighted by atomic mass is 16.5. The lowest BCUT2D eigenvalue weighted by molar-refractivity contribution is -0.140. The van der Waals surface area contributed by atoms with Gasteiger partial charge in [-0.2, -0.15) is 0 Å². The molecule has 194 valence electrons. The monoisotopic (exact) mass is 510 g/mol. The average Bonchev–Trinajstić information content (AvgIpc) is 2.90. The quantitative estimate of drug-likeness (QED) is 0.301. The van der Waals surface area contributed by atoms with Crippen LogP contribution in [-0.2, 0) is 16.1 Å². The second kappa shape index (κ2) is 12.0. The zero-order valence-electron chi connectivity index (χ0n) is 21.6. The van der Waals surface area contributed by atoms with Crippen molar-refractivity contribution in [1.82, 2.24) is 9.55 Å². The number of hydrogen-bond donors (Lipinski definition) is 2. The van der Waals surface area contributed by atoms with Gasteiger partial charge in [0.25, 0.3) is 5.56 Å². The Kier molecular flexibility index (Phi) is 8.33. The molecule has 3 aromatic carbocycles. The molecule has 0 unspecified atom stereocenters. The number of carbonyl (C=O) groups is 2. The number of aryl methyl sites for hydroxylation is 1. The number of rotatable bonds is 8. The van der Waals surface area contributed by atoms with E-state index in [1.807, 2.05) is 62.4 Å². The van der Waals surface area contributed by atoms with Gasteiger partial charge < -0.3 is 15.4 Å². The van der Waals surface area contributed by atoms with Crippen molar-refractivity contribution in [2.75, 3.05) is 17.7 Å². The second-order valence-electron chi connectivity index (χ2n) is 9.19. The third-order valence-electron chi connectivity index (χ3n) is 6.23. The van der Waals surface area contributed by atoms with Crippen molar-refractivity contribution in [3.63, 3.8) is 0 Å². The first-order chi connectivity index (χ1) is 18.3. The molecule has 0 spiro atoms. The van der Waals surface area contributed by atoms with E-state index in [0.717, 1.165) is 16.7 Å². The van der Waals surface area contributed by atoms with Crippen LogP contribution < -0.4 is 16.2 Å². The Balaban J connectivity index is 1.42. The van der Waals surface area contributed by atoms with Crippen LogP contribution in [0.4, 0.5) is 16.2 Å². The van der Waals surface area contributed by atoms with Crippen LogP contribution in [0.5, 0.6) is 0 Å². The molecule has 8 heteroatoms. The van der Waals surface area contributed by atoms with Crippen LogP contribution in [0, 0.1) is 6.92 Å². The molecule has 8 nitrogen and oxygen atoms in total. The van der Waals surface area contributed by atoms with Crippen molar-refractivity contribution < 1.29 is 14.3 Å². The van der Waals surface area contributed by atoms with Crippen molar-refractivity contribution in [2.45, 2.75) is 32.7 Å². The predicted octanol–water partition coefficient (Wildman–Crippen LogP) is 5.58. The third kappa shape index (κ3) is 6.73. The molecule has 4 rings (SSSR count). The number of ether oxygens (including phenoxy) is 1. The molecule has 0 aliphatic carbocycles. The lowest BCUT2D eigenvalue weighted by Crippen LogP contribution is -2.22. The van der Waals surface area contributed by atoms with Crippen LogP contribution in [0.25, 0.3) is 11.1 Å². The fourth-order valence-electron chi connectivity index (χ4n) is 4.11. The van der Waals surface area contributed by atoms with Crippen LogP contribution in [0.3, 0.4) is 0 Å². The van der Waals surface area contributed by atoms with Gasteiger partial charge in [0, 0.05) is 17.6 Å². The average molecular weight is 511 g/mol. The molecule has 0 fully saturated rings. The molecule has 0 saturated heterocycles. The van der Waals surface area contributed by atoms with E-state index >= 15 is 0 Å². The number of amides is 2. The minimum atomic E-state index is -0.349. The molecule has 0 saturated carbocycles. The second-order valence-corrected chi connectivity index (χ2v) is 9.19. The number of nitrogens with zero attached hydrogens (tertiary/aromatic N) is 2. The highest BCUT2D eigenvalue weighted by Crippen LogP contribution is 2.21. The number of carbonyl (C=O) groups excluding carboxylic acids is 2. The summed E-state index contributed by atoms with van der Waals surface area (Å²) in [5, 5.41) is 5.60. The standard InChI is InChI=1S/C30H30N4O4/c1-20-5-4-6-26(15-20)33-30(37)32-25-13-11-24(12-14-25)27-17-31-19-34(29(27)36)18-22-7-9-23(10-8-22)21(2)16-28(35)38-3/h4-15,17,19,21H,16,18H2,1-3H3,(H2,32,33,37)/t21-/m1/s1. The first kappa shape index (κ1) is 26.3. The van der Waals surface area contributed by atoms with Gasteiger partial charge in [-0.05, 0) is 59.4 Å². The Bertz CT molecular complexity index is 1480. The molecule has 1 aromatic heterocycles. The maximum absolute atomic E-state index is 13.2. The largest absolute Gasteiger partial charge is 0.469 e. The van der Waals surface area contributed by atoms with E-state index in [9.17, 15) is 14.4 Å². The first-order valence-electron chi connectivity index (χ1n) is 12.3. The summed E-state index contributed by atoms with van der Waals surface area (Å²) in [6, 6.07) is 22.1. The lowest BCUT2D eigenvalue weighted by atomic mass is 9.97. The lowest BCUT2D eigenvalue weighted by Gasteiger charge is -2.12. The summed E-state index contributed by atoms with van der Waals surface area (Å²) in [6.45, 7) is 4.30. The van der Waals surface area contributed by atoms with Crippen molar-refractivity contribution in [3.8, 4) is 11.1 Å². The minimum absolute atomic E-state index is 0.0373. The van der Waals surface area contributed by atoms with E-state index in [1.165, 1.54) is 13.4 Å². The highest BCUT2D eigenvalue weighted by Gasteiger charge is 2.12. The smallest absolute Gasteiger partial charge is 0.323 e. The number of aromatic nitrogens is 2. The summed E-state index contributed by atoms with van der Waals surface area (Å²) in [7, 11) is 1.38. The van der Waals surface area contributed by atoms with Crippen molar-refractivity contribution in [3.05, 3.63) is 112 Å². The molecule has 1 heterocycles. The highest BCUT2D eigenvalue weighted by molar-refractivity contribution is 5.99. The van der Waals surface area contributed by atoms with Crippen molar-refractivity contribution >= 4 is 23.4 Å². The topological polar surface area (TPSA) is 102 Å². The van der Waals surface area contributed by atoms with Crippen LogP contribution in [0.2, 0.25) is 0 Å². The molecule has 2 amide bonds. The maximum atomic E-state index is 13.2. The van der Waals surface area contributed by atoms with Gasteiger partial charge in [0.05, 0.1) is 32.0 Å². The van der Waals surface area contributed by atoms with Gasteiger partial charge in [-0.1, -0.05) is 55.5 Å². The summed E-state index contributed by atoms with van der Waals surface area (Å²) in [5.41, 5.74) is 5.33. The van der Waals surface area contributed by atoms with Gasteiger partial charge >= 0.3 is 12.0 Å². The van der Waals surface area contributed by atoms with Crippen LogP contribution >= 0.6 is 0 Å². The van der Waals surface area contributed by atoms with Crippen molar-refractivity contribution in [2.24, 2.45) is 0 Å². The fourth-order valence-corrected chi connectivity index (χ4v) is 4.11. The number of hydrogen-bond acceptors (Lipinski definition) is 5. The maximum Gasteiger partial charge on any atom is 0.323 e. The van der Waals surface area contributed by atoms with Gasteiger partial charge in [0.1, 0.15) is 0 Å². The number of nitrogens with one attached hydrogen (secondary N) is 2. The van der Waals surface area contributed by atoms with E-state index in [-0.39, 0.29) is 23.5 Å². The molecule has 38 heavy (non-hydrogen) atoms. The molecule has 4 aromatic rings. The summed E-state index contributed by atoms with van der Waals surface area (Å²) < 4.78 is 6.31. The Hall–Kier alpha value is -4.72. The SMILES string of the molecule is COC(=O)C[C@@H](C)c1ccc(Cn2cncc(-c3ccc(NC(=O)Nc4cccc(C)c4)cc3)c2=O)cc1. The molecule has 0 radical (unpaired) electrons. The molecule has 1 atom stereocenters. The Labute approximate surface area is 221 Å². The number of urea groups is 1. The third-order valence-corrected chi connectivity index (χ3v) is 6.23. The number of anilines is 2. The Morgan fingerprint density at radius 2 is 1.68 bits per heavy atom. The first-order valence-corrected chi connectivity index (χ1v) is 12.3. The summed E-state index contributed by atoms with van der Waals surface area (Å²) >= 11 is 0. The van der Waals surface area contributed by atoms with Crippen LogP contribution in [0.1, 0.15) is 36.0 Å². The number of methoxy groups -OCH3 is 1. The predicted molar refractivity (Wildman–Crippen MR) is 148 cm³/mol. The fraction of sp³-hybridized carbons (Fsp3) is 0.200. The summed E-state index contributed by atoms with van der Waals surface area (Å²) in [6.07, 6.45) is 3.38. The molecule has 2 N–H and O–H groups in total. The van der Waals surface area contributed by atoms with E-state index in [4.69, 9.17) is 4.74 Å². The summed E-state index contributed by atoms with van der Waals surface area (Å²) in [5.74, 6) is -0.208. The van der Waals surface area contributed by atoms with E-state index in [0.29, 0.717) is 35.5 Å². The summed E-state index contributed by atoms with van der Waals surface area (Å²) in [4.78, 5) is 41.3. The van der Waals surface area contributed by atoms with Crippen LogP contribution in [-0.4, -0.2) is 28.7 Å². The van der Waals surface area contributed by atoms with Gasteiger partial charge in [-0.25, -0.2) is 9.78 Å². The van der Waals surface area contributed by atoms with Crippen LogP contribution in [0.15, 0.2) is 90.1 Å². The molecule has 0 aliphatic heterocycles. The molecular formula is C30H30N4O4. The minimum Gasteiger partial charge on any atom is -0.469 e. The molecule has 0 aliphatic rings. The molecular weight excluding hydrogens is 480 g/mol. The van der Waals surface area contributed by atoms with Gasteiger partial charge in [0.15, 0.2) is 0 Å². The van der Waals surface area contributed by atoms with Gasteiger partial charge in [0.2, 0.25) is 0 Å². The molecule has 0 bridgehead atoms. The van der Waals surface area contributed by atoms with Gasteiger partial charge in [-0.3, -0.25) is 14.2 Å². The Morgan fingerprint density at radius 1 is 0.974 bits per heavy atom. The normalized spacial score (nSPS) is 11.4. The zero-order chi connectivity index (χ0) is 27.1. The van der Waals surface area contributed by atoms with E-state index in [1.54, 1.807) is 35.0 Å². The van der Waals surface area contributed by atoms with E-state index < -0.39 is 0 Å². The van der Waals surface area contributed by atoms with Gasteiger partial charge in [-0.15, -0.1) is 0 Å². The van der Waals surface area contributed by atoms with E-state index in [2.05, 4.69) is 15.6 Å². The zero-order valence-corrected chi connectivity index (χ0v) is 21.6. The number of benzene rings is 3. The van der Waals surface area contributed by atoms with Crippen molar-refractivity contribution in [1.29, 1.82) is 0 Å².